The van der Waals surface area contributed by atoms with Crippen LogP contribution in [0.15, 0.2) is 12.4 Å². The molecule has 1 aliphatic rings. The van der Waals surface area contributed by atoms with Crippen LogP contribution in [0.2, 0.25) is 0 Å². The molecule has 15 heavy (non-hydrogen) atoms. The van der Waals surface area contributed by atoms with Crippen molar-refractivity contribution in [1.82, 2.24) is 15.1 Å². The number of aromatic nitrogens is 2. The van der Waals surface area contributed by atoms with Gasteiger partial charge in [-0.25, -0.2) is 0 Å². The van der Waals surface area contributed by atoms with Crippen LogP contribution in [0.5, 0.6) is 0 Å². The molecular formula is C11H19N3O. The average Bonchev–Trinajstić information content (AvgIpc) is 2.62. The summed E-state index contributed by atoms with van der Waals surface area (Å²) in [6, 6.07) is 0.467. The van der Waals surface area contributed by atoms with Crippen LogP contribution in [0.1, 0.15) is 31.2 Å². The van der Waals surface area contributed by atoms with Crippen molar-refractivity contribution in [2.45, 2.75) is 44.4 Å². The van der Waals surface area contributed by atoms with E-state index in [0.29, 0.717) is 6.04 Å². The number of aliphatic hydroxyl groups excluding tert-OH is 1. The molecule has 4 heteroatoms. The minimum atomic E-state index is -0.106. The molecule has 1 heterocycles. The predicted octanol–water partition coefficient (Wildman–Crippen LogP) is 0.813. The Morgan fingerprint density at radius 3 is 3.13 bits per heavy atom. The van der Waals surface area contributed by atoms with Gasteiger partial charge in [0, 0.05) is 31.4 Å². The second kappa shape index (κ2) is 4.77. The molecule has 2 N–H and O–H groups in total. The second-order valence-electron chi connectivity index (χ2n) is 4.42. The van der Waals surface area contributed by atoms with Gasteiger partial charge in [0.1, 0.15) is 0 Å². The van der Waals surface area contributed by atoms with Crippen molar-refractivity contribution in [1.29, 1.82) is 0 Å². The van der Waals surface area contributed by atoms with Gasteiger partial charge in [-0.2, -0.15) is 5.10 Å². The maximum atomic E-state index is 9.52. The summed E-state index contributed by atoms with van der Waals surface area (Å²) in [4.78, 5) is 0. The van der Waals surface area contributed by atoms with Crippen molar-refractivity contribution in [3.05, 3.63) is 18.0 Å². The molecule has 1 aromatic heterocycles. The van der Waals surface area contributed by atoms with E-state index in [1.165, 1.54) is 12.0 Å². The number of aryl methyl sites for hydroxylation is 1. The highest BCUT2D eigenvalue weighted by molar-refractivity contribution is 5.03. The van der Waals surface area contributed by atoms with Gasteiger partial charge in [0.25, 0.3) is 0 Å². The Hall–Kier alpha value is -0.870. The lowest BCUT2D eigenvalue weighted by Gasteiger charge is -2.26. The Morgan fingerprint density at radius 2 is 2.47 bits per heavy atom. The molecule has 0 bridgehead atoms. The van der Waals surface area contributed by atoms with Gasteiger partial charge in [-0.05, 0) is 25.7 Å². The van der Waals surface area contributed by atoms with Crippen LogP contribution in [0.4, 0.5) is 0 Å². The lowest BCUT2D eigenvalue weighted by molar-refractivity contribution is 0.111. The van der Waals surface area contributed by atoms with E-state index in [1.54, 1.807) is 0 Å². The third kappa shape index (κ3) is 3.04. The molecule has 0 aliphatic heterocycles. The van der Waals surface area contributed by atoms with Gasteiger partial charge >= 0.3 is 0 Å². The zero-order valence-corrected chi connectivity index (χ0v) is 9.19. The van der Waals surface area contributed by atoms with Crippen LogP contribution in [0, 0.1) is 0 Å². The monoisotopic (exact) mass is 209 g/mol. The van der Waals surface area contributed by atoms with Crippen molar-refractivity contribution in [3.63, 3.8) is 0 Å². The summed E-state index contributed by atoms with van der Waals surface area (Å²) in [5, 5.41) is 17.1. The summed E-state index contributed by atoms with van der Waals surface area (Å²) < 4.78 is 1.81. The molecule has 0 amide bonds. The lowest BCUT2D eigenvalue weighted by Crippen LogP contribution is -2.35. The second-order valence-corrected chi connectivity index (χ2v) is 4.42. The SMILES string of the molecule is Cn1cc(CNC2CCCC(O)C2)cn1. The third-order valence-electron chi connectivity index (χ3n) is 3.00. The number of hydrogen-bond donors (Lipinski definition) is 2. The van der Waals surface area contributed by atoms with Gasteiger partial charge in [-0.1, -0.05) is 0 Å². The fraction of sp³-hybridized carbons (Fsp3) is 0.727. The number of aliphatic hydroxyl groups is 1. The van der Waals surface area contributed by atoms with Gasteiger partial charge in [-0.15, -0.1) is 0 Å². The minimum absolute atomic E-state index is 0.106. The smallest absolute Gasteiger partial charge is 0.0555 e. The van der Waals surface area contributed by atoms with Crippen LogP contribution in [0.25, 0.3) is 0 Å². The van der Waals surface area contributed by atoms with Crippen LogP contribution in [-0.4, -0.2) is 27.0 Å². The Labute approximate surface area is 90.3 Å². The highest BCUT2D eigenvalue weighted by atomic mass is 16.3. The number of rotatable bonds is 3. The van der Waals surface area contributed by atoms with Gasteiger partial charge in [0.15, 0.2) is 0 Å². The first-order valence-corrected chi connectivity index (χ1v) is 5.63. The summed E-state index contributed by atoms with van der Waals surface area (Å²) in [5.74, 6) is 0. The van der Waals surface area contributed by atoms with E-state index >= 15 is 0 Å². The zero-order chi connectivity index (χ0) is 10.7. The van der Waals surface area contributed by atoms with Crippen molar-refractivity contribution in [3.8, 4) is 0 Å². The van der Waals surface area contributed by atoms with Gasteiger partial charge in [0.2, 0.25) is 0 Å². The quantitative estimate of drug-likeness (QED) is 0.774. The van der Waals surface area contributed by atoms with Crippen LogP contribution < -0.4 is 5.32 Å². The minimum Gasteiger partial charge on any atom is -0.393 e. The molecule has 1 aliphatic carbocycles. The molecule has 0 saturated heterocycles. The summed E-state index contributed by atoms with van der Waals surface area (Å²) in [6.07, 6.45) is 7.96. The fourth-order valence-corrected chi connectivity index (χ4v) is 2.17. The Bertz CT molecular complexity index is 311. The molecule has 1 aromatic rings. The Balaban J connectivity index is 1.77. The highest BCUT2D eigenvalue weighted by Crippen LogP contribution is 2.18. The largest absolute Gasteiger partial charge is 0.393 e. The molecular weight excluding hydrogens is 190 g/mol. The summed E-state index contributed by atoms with van der Waals surface area (Å²) in [6.45, 7) is 0.852. The normalized spacial score (nSPS) is 26.8. The van der Waals surface area contributed by atoms with E-state index in [0.717, 1.165) is 25.8 Å². The Morgan fingerprint density at radius 1 is 1.60 bits per heavy atom. The van der Waals surface area contributed by atoms with E-state index in [-0.39, 0.29) is 6.10 Å². The first kappa shape index (κ1) is 10.6. The van der Waals surface area contributed by atoms with Crippen molar-refractivity contribution < 1.29 is 5.11 Å². The molecule has 84 valence electrons. The van der Waals surface area contributed by atoms with Crippen molar-refractivity contribution >= 4 is 0 Å². The van der Waals surface area contributed by atoms with Gasteiger partial charge in [0.05, 0.1) is 12.3 Å². The van der Waals surface area contributed by atoms with E-state index in [9.17, 15) is 5.11 Å². The highest BCUT2D eigenvalue weighted by Gasteiger charge is 2.19. The molecule has 0 spiro atoms. The number of nitrogens with one attached hydrogen (secondary N) is 1. The van der Waals surface area contributed by atoms with E-state index in [4.69, 9.17) is 0 Å². The molecule has 2 atom stereocenters. The standard InChI is InChI=1S/C11H19N3O/c1-14-8-9(7-13-14)6-12-10-3-2-4-11(15)5-10/h7-8,10-12,15H,2-6H2,1H3. The van der Waals surface area contributed by atoms with E-state index in [2.05, 4.69) is 10.4 Å². The maximum Gasteiger partial charge on any atom is 0.0555 e. The van der Waals surface area contributed by atoms with E-state index < -0.39 is 0 Å². The summed E-state index contributed by atoms with van der Waals surface area (Å²) >= 11 is 0. The van der Waals surface area contributed by atoms with Gasteiger partial charge < -0.3 is 10.4 Å². The molecule has 2 unspecified atom stereocenters. The van der Waals surface area contributed by atoms with Crippen molar-refractivity contribution in [2.24, 2.45) is 7.05 Å². The molecule has 2 rings (SSSR count). The Kier molecular flexibility index (Phi) is 3.38. The summed E-state index contributed by atoms with van der Waals surface area (Å²) in [5.41, 5.74) is 1.21. The summed E-state index contributed by atoms with van der Waals surface area (Å²) in [7, 11) is 1.92. The van der Waals surface area contributed by atoms with Crippen LogP contribution in [-0.2, 0) is 13.6 Å². The van der Waals surface area contributed by atoms with Crippen LogP contribution in [0.3, 0.4) is 0 Å². The lowest BCUT2D eigenvalue weighted by atomic mass is 9.93. The van der Waals surface area contributed by atoms with Gasteiger partial charge in [-0.3, -0.25) is 4.68 Å². The average molecular weight is 209 g/mol. The predicted molar refractivity (Wildman–Crippen MR) is 58.3 cm³/mol. The first-order valence-electron chi connectivity index (χ1n) is 5.63. The molecule has 0 aromatic carbocycles. The van der Waals surface area contributed by atoms with Crippen molar-refractivity contribution in [2.75, 3.05) is 0 Å². The number of hydrogen-bond acceptors (Lipinski definition) is 3. The number of nitrogens with zero attached hydrogens (tertiary/aromatic N) is 2. The first-order chi connectivity index (χ1) is 7.24. The van der Waals surface area contributed by atoms with E-state index in [1.807, 2.05) is 24.1 Å². The third-order valence-corrected chi connectivity index (χ3v) is 3.00. The molecule has 1 fully saturated rings. The fourth-order valence-electron chi connectivity index (χ4n) is 2.17. The molecule has 1 saturated carbocycles. The topological polar surface area (TPSA) is 50.1 Å². The maximum absolute atomic E-state index is 9.52. The molecule has 0 radical (unpaired) electrons. The zero-order valence-electron chi connectivity index (χ0n) is 9.19. The van der Waals surface area contributed by atoms with Crippen LogP contribution >= 0.6 is 0 Å². The molecule has 4 nitrogen and oxygen atoms in total.